The Hall–Kier alpha value is -0.480. The van der Waals surface area contributed by atoms with Crippen LogP contribution >= 0.6 is 0 Å². The van der Waals surface area contributed by atoms with Crippen LogP contribution in [0.2, 0.25) is 0 Å². The van der Waals surface area contributed by atoms with Gasteiger partial charge in [-0.1, -0.05) is 0 Å². The number of hydrogen-bond donors (Lipinski definition) is 0. The second-order valence-corrected chi connectivity index (χ2v) is 3.73. The summed E-state index contributed by atoms with van der Waals surface area (Å²) in [5.41, 5.74) is 0. The van der Waals surface area contributed by atoms with E-state index in [2.05, 4.69) is 5.92 Å². The van der Waals surface area contributed by atoms with Gasteiger partial charge in [0.05, 0.1) is 12.2 Å². The van der Waals surface area contributed by atoms with Gasteiger partial charge in [-0.15, -0.1) is 12.3 Å². The highest BCUT2D eigenvalue weighted by molar-refractivity contribution is 5.16. The predicted octanol–water partition coefficient (Wildman–Crippen LogP) is 1.04. The number of ether oxygens (including phenoxy) is 1. The average Bonchev–Trinajstić information content (AvgIpc) is 2.58. The van der Waals surface area contributed by atoms with Crippen LogP contribution < -0.4 is 0 Å². The zero-order valence-corrected chi connectivity index (χ0v) is 5.79. The maximum atomic E-state index is 5.48. The molecule has 1 saturated heterocycles. The van der Waals surface area contributed by atoms with Crippen molar-refractivity contribution in [3.05, 3.63) is 0 Å². The van der Waals surface area contributed by atoms with Gasteiger partial charge in [-0.05, 0) is 18.8 Å². The molecule has 3 aliphatic rings. The number of rotatable bonds is 0. The molecule has 0 amide bonds. The van der Waals surface area contributed by atoms with Gasteiger partial charge < -0.3 is 4.74 Å². The van der Waals surface area contributed by atoms with Gasteiger partial charge in [0.25, 0.3) is 0 Å². The van der Waals surface area contributed by atoms with Gasteiger partial charge in [0.15, 0.2) is 0 Å². The van der Waals surface area contributed by atoms with E-state index in [-0.39, 0.29) is 0 Å². The van der Waals surface area contributed by atoms with Crippen molar-refractivity contribution in [1.82, 2.24) is 0 Å². The zero-order chi connectivity index (χ0) is 6.72. The van der Waals surface area contributed by atoms with Gasteiger partial charge in [0.1, 0.15) is 0 Å². The predicted molar refractivity (Wildman–Crippen MR) is 37.2 cm³/mol. The fourth-order valence-electron chi connectivity index (χ4n) is 2.79. The largest absolute Gasteiger partial charge is 0.369 e. The molecule has 0 aromatic heterocycles. The fraction of sp³-hybridized carbons (Fsp3) is 0.778. The molecular formula is C9H10O. The van der Waals surface area contributed by atoms with E-state index in [1.807, 2.05) is 0 Å². The highest BCUT2D eigenvalue weighted by Gasteiger charge is 2.62. The molecule has 0 radical (unpaired) electrons. The van der Waals surface area contributed by atoms with E-state index in [0.29, 0.717) is 18.1 Å². The lowest BCUT2D eigenvalue weighted by atomic mass is 9.90. The molecule has 5 unspecified atom stereocenters. The van der Waals surface area contributed by atoms with Crippen LogP contribution in [-0.4, -0.2) is 12.2 Å². The Kier molecular flexibility index (Phi) is 0.731. The number of epoxide rings is 1. The molecule has 0 spiro atoms. The van der Waals surface area contributed by atoms with Crippen LogP contribution in [-0.2, 0) is 4.74 Å². The number of terminal acetylenes is 1. The van der Waals surface area contributed by atoms with Crippen molar-refractivity contribution in [3.63, 3.8) is 0 Å². The van der Waals surface area contributed by atoms with E-state index in [0.717, 1.165) is 11.8 Å². The summed E-state index contributed by atoms with van der Waals surface area (Å²) in [4.78, 5) is 0. The molecule has 2 saturated carbocycles. The quantitative estimate of drug-likeness (QED) is 0.356. The lowest BCUT2D eigenvalue weighted by molar-refractivity contribution is 0.259. The van der Waals surface area contributed by atoms with Crippen molar-refractivity contribution in [3.8, 4) is 12.3 Å². The second kappa shape index (κ2) is 1.40. The van der Waals surface area contributed by atoms with E-state index in [1.54, 1.807) is 0 Å². The molecule has 1 heterocycles. The lowest BCUT2D eigenvalue weighted by Gasteiger charge is -2.11. The van der Waals surface area contributed by atoms with Crippen LogP contribution in [0, 0.1) is 30.1 Å². The maximum absolute atomic E-state index is 5.48. The Morgan fingerprint density at radius 2 is 2.20 bits per heavy atom. The van der Waals surface area contributed by atoms with Crippen LogP contribution in [0.5, 0.6) is 0 Å². The molecule has 2 bridgehead atoms. The van der Waals surface area contributed by atoms with Crippen molar-refractivity contribution >= 4 is 0 Å². The summed E-state index contributed by atoms with van der Waals surface area (Å²) >= 11 is 0. The van der Waals surface area contributed by atoms with Crippen LogP contribution in [0.4, 0.5) is 0 Å². The Labute approximate surface area is 60.8 Å². The summed E-state index contributed by atoms with van der Waals surface area (Å²) in [6.07, 6.45) is 9.20. The van der Waals surface area contributed by atoms with Crippen molar-refractivity contribution in [1.29, 1.82) is 0 Å². The molecular weight excluding hydrogens is 124 g/mol. The van der Waals surface area contributed by atoms with E-state index in [9.17, 15) is 0 Å². The topological polar surface area (TPSA) is 12.5 Å². The first-order chi connectivity index (χ1) is 4.90. The molecule has 2 aliphatic carbocycles. The SMILES string of the molecule is C#CC1CC2CC1C1OC21. The number of fused-ring (bicyclic) bond motifs is 5. The van der Waals surface area contributed by atoms with E-state index < -0.39 is 0 Å². The summed E-state index contributed by atoms with van der Waals surface area (Å²) in [6.45, 7) is 0. The molecule has 52 valence electrons. The van der Waals surface area contributed by atoms with Gasteiger partial charge in [-0.25, -0.2) is 0 Å². The first kappa shape index (κ1) is 5.21. The van der Waals surface area contributed by atoms with Gasteiger partial charge in [-0.3, -0.25) is 0 Å². The minimum absolute atomic E-state index is 0.550. The monoisotopic (exact) mass is 134 g/mol. The zero-order valence-electron chi connectivity index (χ0n) is 5.79. The van der Waals surface area contributed by atoms with Crippen LogP contribution in [0.3, 0.4) is 0 Å². The molecule has 10 heavy (non-hydrogen) atoms. The van der Waals surface area contributed by atoms with Gasteiger partial charge in [0.2, 0.25) is 0 Å². The first-order valence-corrected chi connectivity index (χ1v) is 4.02. The van der Waals surface area contributed by atoms with Crippen molar-refractivity contribution in [2.75, 3.05) is 0 Å². The third-order valence-electron chi connectivity index (χ3n) is 3.31. The van der Waals surface area contributed by atoms with Gasteiger partial charge >= 0.3 is 0 Å². The van der Waals surface area contributed by atoms with E-state index in [4.69, 9.17) is 11.2 Å². The second-order valence-electron chi connectivity index (χ2n) is 3.73. The molecule has 1 aliphatic heterocycles. The fourth-order valence-corrected chi connectivity index (χ4v) is 2.79. The third-order valence-corrected chi connectivity index (χ3v) is 3.31. The van der Waals surface area contributed by atoms with Crippen molar-refractivity contribution in [2.24, 2.45) is 17.8 Å². The highest BCUT2D eigenvalue weighted by Crippen LogP contribution is 2.58. The van der Waals surface area contributed by atoms with Gasteiger partial charge in [-0.2, -0.15) is 0 Å². The molecule has 0 aromatic carbocycles. The maximum Gasteiger partial charge on any atom is 0.0884 e. The van der Waals surface area contributed by atoms with Crippen LogP contribution in [0.1, 0.15) is 12.8 Å². The minimum atomic E-state index is 0.550. The molecule has 3 rings (SSSR count). The van der Waals surface area contributed by atoms with Crippen molar-refractivity contribution in [2.45, 2.75) is 25.0 Å². The normalized spacial score (nSPS) is 61.7. The molecule has 3 fully saturated rings. The van der Waals surface area contributed by atoms with Crippen LogP contribution in [0.15, 0.2) is 0 Å². The standard InChI is InChI=1S/C9H10O/c1-2-5-3-6-4-7(5)9-8(6)10-9/h1,5-9H,3-4H2. The van der Waals surface area contributed by atoms with Gasteiger partial charge in [0, 0.05) is 11.8 Å². The molecule has 0 N–H and O–H groups in total. The summed E-state index contributed by atoms with van der Waals surface area (Å²) in [6, 6.07) is 0. The lowest BCUT2D eigenvalue weighted by Crippen LogP contribution is -2.15. The Bertz CT molecular complexity index is 215. The average molecular weight is 134 g/mol. The van der Waals surface area contributed by atoms with E-state index >= 15 is 0 Å². The Morgan fingerprint density at radius 3 is 2.80 bits per heavy atom. The molecule has 1 heteroatoms. The highest BCUT2D eigenvalue weighted by atomic mass is 16.6. The Morgan fingerprint density at radius 1 is 1.30 bits per heavy atom. The summed E-state index contributed by atoms with van der Waals surface area (Å²) < 4.78 is 5.48. The minimum Gasteiger partial charge on any atom is -0.369 e. The Balaban J connectivity index is 1.93. The summed E-state index contributed by atoms with van der Waals surface area (Å²) in [5.74, 6) is 4.99. The third kappa shape index (κ3) is 0.422. The van der Waals surface area contributed by atoms with Crippen LogP contribution in [0.25, 0.3) is 0 Å². The summed E-state index contributed by atoms with van der Waals surface area (Å²) in [5, 5.41) is 0. The smallest absolute Gasteiger partial charge is 0.0884 e. The molecule has 0 aromatic rings. The molecule has 5 atom stereocenters. The number of hydrogen-bond acceptors (Lipinski definition) is 1. The van der Waals surface area contributed by atoms with Crippen molar-refractivity contribution < 1.29 is 4.74 Å². The summed E-state index contributed by atoms with van der Waals surface area (Å²) in [7, 11) is 0. The van der Waals surface area contributed by atoms with E-state index in [1.165, 1.54) is 12.8 Å². The first-order valence-electron chi connectivity index (χ1n) is 4.02. The molecule has 1 nitrogen and oxygen atoms in total.